The molecule has 1 aliphatic rings. The van der Waals surface area contributed by atoms with Gasteiger partial charge in [-0.1, -0.05) is 0 Å². The summed E-state index contributed by atoms with van der Waals surface area (Å²) in [6, 6.07) is 12.6. The maximum Gasteiger partial charge on any atom is 0.335 e. The lowest BCUT2D eigenvalue weighted by Crippen LogP contribution is -2.57. The number of nitrogens with zero attached hydrogens (tertiary/aromatic N) is 3. The number of aromatic amines is 1. The Morgan fingerprint density at radius 1 is 1.14 bits per heavy atom. The second-order valence-corrected chi connectivity index (χ2v) is 8.91. The van der Waals surface area contributed by atoms with Crippen molar-refractivity contribution in [1.29, 1.82) is 0 Å². The summed E-state index contributed by atoms with van der Waals surface area (Å²) in [4.78, 5) is 15.1. The fourth-order valence-corrected chi connectivity index (χ4v) is 4.90. The van der Waals surface area contributed by atoms with Crippen LogP contribution in [0.25, 0.3) is 10.9 Å². The Bertz CT molecular complexity index is 1460. The Balaban J connectivity index is 1.78. The highest BCUT2D eigenvalue weighted by molar-refractivity contribution is 5.96. The normalized spacial score (nSPS) is 17.4. The lowest BCUT2D eigenvalue weighted by atomic mass is 9.92. The van der Waals surface area contributed by atoms with E-state index in [0.29, 0.717) is 22.4 Å². The topological polar surface area (TPSA) is 90.9 Å². The van der Waals surface area contributed by atoms with Gasteiger partial charge in [0.15, 0.2) is 17.4 Å². The zero-order valence-corrected chi connectivity index (χ0v) is 19.9. The first kappa shape index (κ1) is 23.6. The fourth-order valence-electron chi connectivity index (χ4n) is 4.90. The fraction of sp³-hybridized carbons (Fsp3) is 0.231. The number of carboxylic acids is 1. The molecule has 5 rings (SSSR count). The molecule has 0 bridgehead atoms. The lowest BCUT2D eigenvalue weighted by molar-refractivity contribution is 0.0697. The SMILES string of the molecule is COC[C@@]1(C)CN(c2ccc(C(=O)O)cc2)c2c(cc3cn[nH]c3c2F)N1c1ccc(F)c(OC)c1. The standard InChI is InChI=1S/C26H24F2N4O4/c1-26(14-35-2)13-31(17-6-4-15(5-7-17)25(33)34)24-20(10-16-12-29-30-23(16)22(24)28)32(26)18-8-9-19(27)21(11-18)36-3/h4-12H,13-14H2,1-3H3,(H,29,30)(H,33,34)/t26-/m1/s1. The maximum atomic E-state index is 16.1. The minimum atomic E-state index is -1.05. The van der Waals surface area contributed by atoms with Gasteiger partial charge in [0.25, 0.3) is 0 Å². The first-order chi connectivity index (χ1) is 17.3. The number of benzene rings is 3. The molecule has 3 aromatic carbocycles. The van der Waals surface area contributed by atoms with Crippen molar-refractivity contribution in [2.24, 2.45) is 0 Å². The Morgan fingerprint density at radius 3 is 2.53 bits per heavy atom. The molecule has 186 valence electrons. The molecule has 0 aliphatic carbocycles. The van der Waals surface area contributed by atoms with Gasteiger partial charge in [-0.2, -0.15) is 5.10 Å². The van der Waals surface area contributed by atoms with E-state index < -0.39 is 23.1 Å². The molecule has 8 nitrogen and oxygen atoms in total. The smallest absolute Gasteiger partial charge is 0.335 e. The van der Waals surface area contributed by atoms with E-state index in [-0.39, 0.29) is 35.7 Å². The van der Waals surface area contributed by atoms with Crippen molar-refractivity contribution in [2.75, 3.05) is 37.2 Å². The summed E-state index contributed by atoms with van der Waals surface area (Å²) in [7, 11) is 2.97. The van der Waals surface area contributed by atoms with Crippen molar-refractivity contribution < 1.29 is 28.2 Å². The quantitative estimate of drug-likeness (QED) is 0.379. The number of anilines is 4. The van der Waals surface area contributed by atoms with Crippen LogP contribution in [0.15, 0.2) is 54.7 Å². The molecule has 0 fully saturated rings. The van der Waals surface area contributed by atoms with Crippen molar-refractivity contribution in [3.63, 3.8) is 0 Å². The van der Waals surface area contributed by atoms with E-state index in [1.165, 1.54) is 31.5 Å². The number of methoxy groups -OCH3 is 2. The van der Waals surface area contributed by atoms with Gasteiger partial charge < -0.3 is 24.4 Å². The third-order valence-electron chi connectivity index (χ3n) is 6.45. The number of ether oxygens (including phenoxy) is 2. The molecule has 0 amide bonds. The molecule has 1 atom stereocenters. The molecule has 0 saturated heterocycles. The number of hydrogen-bond donors (Lipinski definition) is 2. The van der Waals surface area contributed by atoms with E-state index in [4.69, 9.17) is 9.47 Å². The third kappa shape index (κ3) is 3.70. The lowest BCUT2D eigenvalue weighted by Gasteiger charge is -2.51. The molecular weight excluding hydrogens is 470 g/mol. The van der Waals surface area contributed by atoms with Crippen LogP contribution in [0.4, 0.5) is 31.5 Å². The number of hydrogen-bond acceptors (Lipinski definition) is 6. The summed E-state index contributed by atoms with van der Waals surface area (Å²) in [5, 5.41) is 16.6. The number of carboxylic acid groups (broad SMARTS) is 1. The zero-order valence-electron chi connectivity index (χ0n) is 19.9. The molecule has 0 saturated carbocycles. The third-order valence-corrected chi connectivity index (χ3v) is 6.45. The van der Waals surface area contributed by atoms with E-state index in [0.717, 1.165) is 0 Å². The monoisotopic (exact) mass is 494 g/mol. The van der Waals surface area contributed by atoms with Crippen LogP contribution < -0.4 is 14.5 Å². The van der Waals surface area contributed by atoms with E-state index in [2.05, 4.69) is 10.2 Å². The van der Waals surface area contributed by atoms with Crippen molar-refractivity contribution >= 4 is 39.6 Å². The number of carbonyl (C=O) groups is 1. The second-order valence-electron chi connectivity index (χ2n) is 8.91. The van der Waals surface area contributed by atoms with Crippen molar-refractivity contribution in [3.05, 3.63) is 71.9 Å². The van der Waals surface area contributed by atoms with Crippen LogP contribution >= 0.6 is 0 Å². The maximum absolute atomic E-state index is 16.1. The molecule has 2 N–H and O–H groups in total. The minimum Gasteiger partial charge on any atom is -0.494 e. The second kappa shape index (κ2) is 8.80. The van der Waals surface area contributed by atoms with Gasteiger partial charge in [0.05, 0.1) is 36.7 Å². The van der Waals surface area contributed by atoms with Gasteiger partial charge in [0.1, 0.15) is 11.2 Å². The van der Waals surface area contributed by atoms with Crippen LogP contribution in [0.5, 0.6) is 5.75 Å². The Morgan fingerprint density at radius 2 is 1.86 bits per heavy atom. The van der Waals surface area contributed by atoms with Gasteiger partial charge in [-0.25, -0.2) is 13.6 Å². The van der Waals surface area contributed by atoms with E-state index >= 15 is 4.39 Å². The predicted molar refractivity (Wildman–Crippen MR) is 132 cm³/mol. The van der Waals surface area contributed by atoms with Crippen LogP contribution in [0.3, 0.4) is 0 Å². The Hall–Kier alpha value is -4.18. The molecule has 0 spiro atoms. The van der Waals surface area contributed by atoms with Gasteiger partial charge in [-0.05, 0) is 49.4 Å². The average Bonchev–Trinajstić information content (AvgIpc) is 3.33. The molecular formula is C26H24F2N4O4. The molecule has 2 heterocycles. The van der Waals surface area contributed by atoms with Crippen molar-refractivity contribution in [2.45, 2.75) is 12.5 Å². The van der Waals surface area contributed by atoms with Gasteiger partial charge in [0.2, 0.25) is 0 Å². The van der Waals surface area contributed by atoms with Crippen molar-refractivity contribution in [1.82, 2.24) is 10.2 Å². The largest absolute Gasteiger partial charge is 0.494 e. The highest BCUT2D eigenvalue weighted by atomic mass is 19.1. The Kier molecular flexibility index (Phi) is 5.76. The number of aromatic nitrogens is 2. The summed E-state index contributed by atoms with van der Waals surface area (Å²) in [6.45, 7) is 2.49. The summed E-state index contributed by atoms with van der Waals surface area (Å²) in [6.07, 6.45) is 1.54. The number of halogens is 2. The Labute approximate surface area is 205 Å². The molecule has 0 radical (unpaired) electrons. The molecule has 1 aromatic heterocycles. The predicted octanol–water partition coefficient (Wildman–Crippen LogP) is 5.24. The average molecular weight is 494 g/mol. The van der Waals surface area contributed by atoms with Crippen LogP contribution in [-0.2, 0) is 4.74 Å². The van der Waals surface area contributed by atoms with E-state index in [1.54, 1.807) is 36.3 Å². The van der Waals surface area contributed by atoms with Crippen LogP contribution in [0.2, 0.25) is 0 Å². The number of rotatable bonds is 6. The van der Waals surface area contributed by atoms with Crippen LogP contribution in [0.1, 0.15) is 17.3 Å². The van der Waals surface area contributed by atoms with Crippen molar-refractivity contribution in [3.8, 4) is 5.75 Å². The summed E-state index contributed by atoms with van der Waals surface area (Å²) >= 11 is 0. The summed E-state index contributed by atoms with van der Waals surface area (Å²) in [5.74, 6) is -2.01. The first-order valence-corrected chi connectivity index (χ1v) is 11.2. The number of nitrogens with one attached hydrogen (secondary N) is 1. The highest BCUT2D eigenvalue weighted by Crippen LogP contribution is 2.50. The van der Waals surface area contributed by atoms with E-state index in [9.17, 15) is 14.3 Å². The van der Waals surface area contributed by atoms with Crippen LogP contribution in [-0.4, -0.2) is 54.2 Å². The minimum absolute atomic E-state index is 0.0605. The van der Waals surface area contributed by atoms with Gasteiger partial charge in [-0.3, -0.25) is 5.10 Å². The number of fused-ring (bicyclic) bond motifs is 2. The summed E-state index contributed by atoms with van der Waals surface area (Å²) < 4.78 is 41.2. The number of aromatic carboxylic acids is 1. The molecule has 10 heteroatoms. The molecule has 4 aromatic rings. The first-order valence-electron chi connectivity index (χ1n) is 11.2. The van der Waals surface area contributed by atoms with Crippen LogP contribution in [0, 0.1) is 11.6 Å². The molecule has 1 aliphatic heterocycles. The van der Waals surface area contributed by atoms with E-state index in [1.807, 2.05) is 17.9 Å². The highest BCUT2D eigenvalue weighted by Gasteiger charge is 2.44. The molecule has 0 unspecified atom stereocenters. The van der Waals surface area contributed by atoms with Gasteiger partial charge in [0, 0.05) is 36.5 Å². The van der Waals surface area contributed by atoms with Gasteiger partial charge >= 0.3 is 5.97 Å². The number of H-pyrrole nitrogens is 1. The zero-order chi connectivity index (χ0) is 25.6. The van der Waals surface area contributed by atoms with Gasteiger partial charge in [-0.15, -0.1) is 0 Å². The summed E-state index contributed by atoms with van der Waals surface area (Å²) in [5.41, 5.74) is 1.61. The molecule has 36 heavy (non-hydrogen) atoms.